The van der Waals surface area contributed by atoms with E-state index in [0.29, 0.717) is 6.54 Å². The first-order valence-electron chi connectivity index (χ1n) is 6.31. The first-order valence-corrected chi connectivity index (χ1v) is 6.31. The van der Waals surface area contributed by atoms with Gasteiger partial charge in [-0.15, -0.1) is 0 Å². The van der Waals surface area contributed by atoms with E-state index >= 15 is 0 Å². The zero-order chi connectivity index (χ0) is 12.2. The Balaban J connectivity index is 2.28. The molecule has 1 aliphatic rings. The molecule has 0 aromatic carbocycles. The van der Waals surface area contributed by atoms with E-state index < -0.39 is 0 Å². The topological polar surface area (TPSA) is 52.7 Å². The van der Waals surface area contributed by atoms with Gasteiger partial charge in [-0.25, -0.2) is 0 Å². The van der Waals surface area contributed by atoms with Crippen molar-refractivity contribution >= 4 is 0 Å². The van der Waals surface area contributed by atoms with Crippen LogP contribution in [0.1, 0.15) is 27.2 Å². The molecule has 3 N–H and O–H groups in total. The first-order chi connectivity index (χ1) is 7.45. The van der Waals surface area contributed by atoms with Crippen LogP contribution in [0.5, 0.6) is 0 Å². The summed E-state index contributed by atoms with van der Waals surface area (Å²) in [5.41, 5.74) is 5.90. The molecule has 96 valence electrons. The summed E-state index contributed by atoms with van der Waals surface area (Å²) in [5, 5.41) is 9.25. The number of nitrogens with two attached hydrogens (primary N) is 1. The average molecular weight is 229 g/mol. The third-order valence-electron chi connectivity index (χ3n) is 3.59. The lowest BCUT2D eigenvalue weighted by atomic mass is 10.0. The fourth-order valence-electron chi connectivity index (χ4n) is 2.08. The van der Waals surface area contributed by atoms with Crippen molar-refractivity contribution in [3.05, 3.63) is 0 Å². The summed E-state index contributed by atoms with van der Waals surface area (Å²) in [6.45, 7) is 12.3. The lowest BCUT2D eigenvalue weighted by Gasteiger charge is -2.43. The van der Waals surface area contributed by atoms with Crippen molar-refractivity contribution in [2.75, 3.05) is 39.3 Å². The minimum Gasteiger partial charge on any atom is -0.393 e. The van der Waals surface area contributed by atoms with E-state index in [1.165, 1.54) is 0 Å². The molecule has 0 radical (unpaired) electrons. The molecular formula is C12H27N3O. The maximum absolute atomic E-state index is 9.25. The molecular weight excluding hydrogens is 202 g/mol. The highest BCUT2D eigenvalue weighted by Crippen LogP contribution is 2.15. The van der Waals surface area contributed by atoms with E-state index in [1.54, 1.807) is 0 Å². The summed E-state index contributed by atoms with van der Waals surface area (Å²) < 4.78 is 0. The molecule has 0 aromatic heterocycles. The standard InChI is InChI=1S/C12H27N3O/c1-11(16)4-5-14-6-8-15(9-7-14)12(2,3)10-13/h11,16H,4-10,13H2,1-3H3. The molecule has 1 fully saturated rings. The van der Waals surface area contributed by atoms with Gasteiger partial charge in [0.1, 0.15) is 0 Å². The third-order valence-corrected chi connectivity index (χ3v) is 3.59. The highest BCUT2D eigenvalue weighted by atomic mass is 16.3. The van der Waals surface area contributed by atoms with Gasteiger partial charge in [0.2, 0.25) is 0 Å². The van der Waals surface area contributed by atoms with Gasteiger partial charge in [-0.2, -0.15) is 0 Å². The number of hydrogen-bond donors (Lipinski definition) is 2. The first kappa shape index (κ1) is 13.9. The van der Waals surface area contributed by atoms with E-state index in [-0.39, 0.29) is 11.6 Å². The monoisotopic (exact) mass is 229 g/mol. The minimum absolute atomic E-state index is 0.121. The molecule has 1 heterocycles. The second-order valence-electron chi connectivity index (χ2n) is 5.48. The molecule has 1 atom stereocenters. The number of rotatable bonds is 5. The Hall–Kier alpha value is -0.160. The fraction of sp³-hybridized carbons (Fsp3) is 1.00. The second kappa shape index (κ2) is 5.96. The van der Waals surface area contributed by atoms with Crippen molar-refractivity contribution in [3.63, 3.8) is 0 Å². The molecule has 4 nitrogen and oxygen atoms in total. The molecule has 1 aliphatic heterocycles. The zero-order valence-corrected chi connectivity index (χ0v) is 10.9. The number of nitrogens with zero attached hydrogens (tertiary/aromatic N) is 2. The summed E-state index contributed by atoms with van der Waals surface area (Å²) in [6.07, 6.45) is 0.693. The van der Waals surface area contributed by atoms with Crippen LogP contribution in [0.15, 0.2) is 0 Å². The van der Waals surface area contributed by atoms with Gasteiger partial charge in [0.05, 0.1) is 6.10 Å². The van der Waals surface area contributed by atoms with Crippen LogP contribution in [0, 0.1) is 0 Å². The molecule has 0 saturated carbocycles. The predicted octanol–water partition coefficient (Wildman–Crippen LogP) is 0.112. The average Bonchev–Trinajstić information content (AvgIpc) is 2.27. The fourth-order valence-corrected chi connectivity index (χ4v) is 2.08. The quantitative estimate of drug-likeness (QED) is 0.703. The Labute approximate surface area is 99.4 Å². The predicted molar refractivity (Wildman–Crippen MR) is 67.4 cm³/mol. The summed E-state index contributed by atoms with van der Waals surface area (Å²) in [7, 11) is 0. The molecule has 0 spiro atoms. The normalized spacial score (nSPS) is 22.3. The third kappa shape index (κ3) is 4.01. The molecule has 1 unspecified atom stereocenters. The lowest BCUT2D eigenvalue weighted by Crippen LogP contribution is -2.57. The van der Waals surface area contributed by atoms with Crippen LogP contribution < -0.4 is 5.73 Å². The van der Waals surface area contributed by atoms with Gasteiger partial charge >= 0.3 is 0 Å². The smallest absolute Gasteiger partial charge is 0.0524 e. The van der Waals surface area contributed by atoms with Crippen molar-refractivity contribution in [2.24, 2.45) is 5.73 Å². The molecule has 0 aromatic rings. The van der Waals surface area contributed by atoms with Crippen molar-refractivity contribution in [2.45, 2.75) is 38.8 Å². The van der Waals surface area contributed by atoms with Crippen LogP contribution >= 0.6 is 0 Å². The van der Waals surface area contributed by atoms with Gasteiger partial charge in [0, 0.05) is 44.8 Å². The number of piperazine rings is 1. The Morgan fingerprint density at radius 2 is 1.81 bits per heavy atom. The van der Waals surface area contributed by atoms with E-state index in [0.717, 1.165) is 39.1 Å². The molecule has 1 rings (SSSR count). The Morgan fingerprint density at radius 3 is 2.25 bits per heavy atom. The highest BCUT2D eigenvalue weighted by Gasteiger charge is 2.28. The van der Waals surface area contributed by atoms with Crippen LogP contribution in [0.3, 0.4) is 0 Å². The summed E-state index contributed by atoms with van der Waals surface area (Å²) >= 11 is 0. The number of aliphatic hydroxyl groups is 1. The van der Waals surface area contributed by atoms with Gasteiger partial charge in [-0.05, 0) is 27.2 Å². The molecule has 16 heavy (non-hydrogen) atoms. The van der Waals surface area contributed by atoms with Crippen molar-refractivity contribution in [1.29, 1.82) is 0 Å². The van der Waals surface area contributed by atoms with Gasteiger partial charge in [-0.1, -0.05) is 0 Å². The zero-order valence-electron chi connectivity index (χ0n) is 10.9. The number of hydrogen-bond acceptors (Lipinski definition) is 4. The Kier molecular flexibility index (Phi) is 5.18. The van der Waals surface area contributed by atoms with Gasteiger partial charge in [0.25, 0.3) is 0 Å². The van der Waals surface area contributed by atoms with Crippen LogP contribution in [0.2, 0.25) is 0 Å². The number of aliphatic hydroxyl groups excluding tert-OH is 1. The molecule has 0 bridgehead atoms. The van der Waals surface area contributed by atoms with Crippen LogP contribution in [-0.4, -0.2) is 65.8 Å². The molecule has 0 amide bonds. The van der Waals surface area contributed by atoms with E-state index in [4.69, 9.17) is 5.73 Å². The summed E-state index contributed by atoms with van der Waals surface area (Å²) in [5.74, 6) is 0. The summed E-state index contributed by atoms with van der Waals surface area (Å²) in [4.78, 5) is 4.89. The maximum Gasteiger partial charge on any atom is 0.0524 e. The van der Waals surface area contributed by atoms with Crippen LogP contribution in [0.4, 0.5) is 0 Å². The van der Waals surface area contributed by atoms with E-state index in [9.17, 15) is 5.11 Å². The highest BCUT2D eigenvalue weighted by molar-refractivity contribution is 4.86. The summed E-state index contributed by atoms with van der Waals surface area (Å²) in [6, 6.07) is 0. The van der Waals surface area contributed by atoms with Crippen molar-refractivity contribution in [1.82, 2.24) is 9.80 Å². The van der Waals surface area contributed by atoms with Gasteiger partial charge in [-0.3, -0.25) is 4.90 Å². The van der Waals surface area contributed by atoms with E-state index in [2.05, 4.69) is 23.6 Å². The molecule has 4 heteroatoms. The second-order valence-corrected chi connectivity index (χ2v) is 5.48. The largest absolute Gasteiger partial charge is 0.393 e. The van der Waals surface area contributed by atoms with E-state index in [1.807, 2.05) is 6.92 Å². The van der Waals surface area contributed by atoms with Crippen molar-refractivity contribution < 1.29 is 5.11 Å². The molecule has 0 aliphatic carbocycles. The van der Waals surface area contributed by atoms with Crippen LogP contribution in [-0.2, 0) is 0 Å². The minimum atomic E-state index is -0.182. The van der Waals surface area contributed by atoms with Gasteiger partial charge in [0.15, 0.2) is 0 Å². The van der Waals surface area contributed by atoms with Crippen LogP contribution in [0.25, 0.3) is 0 Å². The Bertz CT molecular complexity index is 198. The maximum atomic E-state index is 9.25. The van der Waals surface area contributed by atoms with Gasteiger partial charge < -0.3 is 15.7 Å². The SMILES string of the molecule is CC(O)CCN1CCN(C(C)(C)CN)CC1. The Morgan fingerprint density at radius 1 is 1.25 bits per heavy atom. The molecule has 1 saturated heterocycles. The lowest BCUT2D eigenvalue weighted by molar-refractivity contribution is 0.0502. The van der Waals surface area contributed by atoms with Crippen molar-refractivity contribution in [3.8, 4) is 0 Å².